The Morgan fingerprint density at radius 3 is 2.74 bits per heavy atom. The van der Waals surface area contributed by atoms with Gasteiger partial charge in [-0.3, -0.25) is 4.79 Å². The highest BCUT2D eigenvalue weighted by Gasteiger charge is 2.20. The Morgan fingerprint density at radius 1 is 1.22 bits per heavy atom. The first kappa shape index (κ1) is 17.9. The van der Waals surface area contributed by atoms with Crippen molar-refractivity contribution in [2.45, 2.75) is 6.42 Å². The number of hydrogen-bond donors (Lipinski definition) is 1. The van der Waals surface area contributed by atoms with Crippen LogP contribution in [0.5, 0.6) is 0 Å². The smallest absolute Gasteiger partial charge is 0.227 e. The molecule has 0 unspecified atom stereocenters. The third-order valence-corrected chi connectivity index (χ3v) is 5.36. The van der Waals surface area contributed by atoms with E-state index in [-0.39, 0.29) is 10.9 Å². The third-order valence-electron chi connectivity index (χ3n) is 5.07. The number of nitrogens with one attached hydrogen (secondary N) is 1. The van der Waals surface area contributed by atoms with E-state index >= 15 is 0 Å². The molecule has 140 valence electrons. The molecule has 0 saturated carbocycles. The highest BCUT2D eigenvalue weighted by molar-refractivity contribution is 6.31. The quantitative estimate of drug-likeness (QED) is 0.751. The van der Waals surface area contributed by atoms with Gasteiger partial charge in [-0.05, 0) is 36.4 Å². The van der Waals surface area contributed by atoms with Crippen LogP contribution in [-0.2, 0) is 11.2 Å². The van der Waals surface area contributed by atoms with Crippen molar-refractivity contribution in [2.24, 2.45) is 0 Å². The maximum atomic E-state index is 13.4. The minimum Gasteiger partial charge on any atom is -0.346 e. The summed E-state index contributed by atoms with van der Waals surface area (Å²) in [6.07, 6.45) is 3.89. The monoisotopic (exact) mass is 386 g/mol. The Kier molecular flexibility index (Phi) is 4.85. The van der Waals surface area contributed by atoms with Crippen LogP contribution in [0.3, 0.4) is 0 Å². The summed E-state index contributed by atoms with van der Waals surface area (Å²) in [5, 5.41) is 0.975. The van der Waals surface area contributed by atoms with Crippen LogP contribution >= 0.6 is 11.6 Å². The van der Waals surface area contributed by atoms with Gasteiger partial charge in [-0.2, -0.15) is 0 Å². The van der Waals surface area contributed by atoms with E-state index in [0.29, 0.717) is 6.42 Å². The average Bonchev–Trinajstić information content (AvgIpc) is 3.06. The van der Waals surface area contributed by atoms with Crippen molar-refractivity contribution in [1.29, 1.82) is 0 Å². The van der Waals surface area contributed by atoms with E-state index in [1.807, 2.05) is 17.2 Å². The van der Waals surface area contributed by atoms with Gasteiger partial charge >= 0.3 is 0 Å². The second-order valence-corrected chi connectivity index (χ2v) is 7.33. The number of likely N-dealkylation sites (N-methyl/N-ethyl adjacent to an activating group) is 1. The van der Waals surface area contributed by atoms with E-state index < -0.39 is 5.82 Å². The Hall–Kier alpha value is -2.44. The molecule has 3 aromatic rings. The largest absolute Gasteiger partial charge is 0.346 e. The van der Waals surface area contributed by atoms with E-state index in [1.165, 1.54) is 6.07 Å². The summed E-state index contributed by atoms with van der Waals surface area (Å²) in [4.78, 5) is 24.4. The van der Waals surface area contributed by atoms with Gasteiger partial charge in [-0.25, -0.2) is 9.37 Å². The van der Waals surface area contributed by atoms with Crippen LogP contribution in [0.25, 0.3) is 22.2 Å². The molecule has 0 aliphatic carbocycles. The number of carbonyl (C=O) groups excluding carboxylic acids is 1. The summed E-state index contributed by atoms with van der Waals surface area (Å²) >= 11 is 5.90. The highest BCUT2D eigenvalue weighted by atomic mass is 35.5. The molecule has 0 bridgehead atoms. The van der Waals surface area contributed by atoms with Crippen LogP contribution in [0.2, 0.25) is 5.02 Å². The first-order chi connectivity index (χ1) is 13.0. The maximum absolute atomic E-state index is 13.4. The zero-order valence-electron chi connectivity index (χ0n) is 15.0. The molecular weight excluding hydrogens is 367 g/mol. The van der Waals surface area contributed by atoms with Gasteiger partial charge in [0, 0.05) is 49.5 Å². The fourth-order valence-corrected chi connectivity index (χ4v) is 3.55. The number of carbonyl (C=O) groups is 1. The molecule has 0 atom stereocenters. The molecule has 2 aromatic heterocycles. The Labute approximate surface area is 161 Å². The third kappa shape index (κ3) is 3.68. The zero-order chi connectivity index (χ0) is 19.0. The molecule has 27 heavy (non-hydrogen) atoms. The van der Waals surface area contributed by atoms with Crippen molar-refractivity contribution >= 4 is 28.5 Å². The van der Waals surface area contributed by atoms with Crippen molar-refractivity contribution in [2.75, 3.05) is 33.2 Å². The van der Waals surface area contributed by atoms with E-state index in [1.54, 1.807) is 18.3 Å². The van der Waals surface area contributed by atoms with Crippen molar-refractivity contribution in [3.8, 4) is 11.1 Å². The minimum atomic E-state index is -0.449. The molecule has 1 aliphatic heterocycles. The second-order valence-electron chi connectivity index (χ2n) is 6.92. The topological polar surface area (TPSA) is 52.2 Å². The van der Waals surface area contributed by atoms with E-state index in [2.05, 4.69) is 21.9 Å². The van der Waals surface area contributed by atoms with Crippen molar-refractivity contribution in [3.63, 3.8) is 0 Å². The number of halogens is 2. The van der Waals surface area contributed by atoms with E-state index in [9.17, 15) is 9.18 Å². The lowest BCUT2D eigenvalue weighted by atomic mass is 10.0. The predicted molar refractivity (Wildman–Crippen MR) is 104 cm³/mol. The molecule has 1 N–H and O–H groups in total. The number of aromatic amines is 1. The number of H-pyrrole nitrogens is 1. The molecule has 1 saturated heterocycles. The van der Waals surface area contributed by atoms with Gasteiger partial charge in [-0.15, -0.1) is 0 Å². The number of fused-ring (bicyclic) bond motifs is 1. The Balaban J connectivity index is 1.60. The molecule has 1 amide bonds. The first-order valence-corrected chi connectivity index (χ1v) is 9.27. The second kappa shape index (κ2) is 7.29. The summed E-state index contributed by atoms with van der Waals surface area (Å²) in [5.74, 6) is -0.325. The Morgan fingerprint density at radius 2 is 2.00 bits per heavy atom. The molecule has 4 rings (SSSR count). The normalized spacial score (nSPS) is 15.4. The molecular formula is C20H20ClFN4O. The Bertz CT molecular complexity index is 995. The molecule has 1 fully saturated rings. The molecule has 0 radical (unpaired) electrons. The zero-order valence-corrected chi connectivity index (χ0v) is 15.8. The maximum Gasteiger partial charge on any atom is 0.227 e. The van der Waals surface area contributed by atoms with Crippen molar-refractivity contribution in [3.05, 3.63) is 53.1 Å². The minimum absolute atomic E-state index is 0.0760. The first-order valence-electron chi connectivity index (χ1n) is 8.89. The molecule has 1 aromatic carbocycles. The summed E-state index contributed by atoms with van der Waals surface area (Å²) < 4.78 is 13.4. The number of nitrogens with zero attached hydrogens (tertiary/aromatic N) is 3. The molecule has 5 nitrogen and oxygen atoms in total. The number of benzene rings is 1. The number of hydrogen-bond acceptors (Lipinski definition) is 3. The van der Waals surface area contributed by atoms with Gasteiger partial charge in [0.05, 0.1) is 11.4 Å². The van der Waals surface area contributed by atoms with Gasteiger partial charge in [0.25, 0.3) is 0 Å². The van der Waals surface area contributed by atoms with E-state index in [0.717, 1.165) is 53.9 Å². The highest BCUT2D eigenvalue weighted by Crippen LogP contribution is 2.28. The SMILES string of the molecule is CN1CCN(C(=O)Cc2c[nH]c3ncc(-c4ccc(F)c(Cl)c4)cc23)CC1. The number of pyridine rings is 1. The van der Waals surface area contributed by atoms with Crippen LogP contribution in [0.1, 0.15) is 5.56 Å². The van der Waals surface area contributed by atoms with Gasteiger partial charge in [0.2, 0.25) is 5.91 Å². The van der Waals surface area contributed by atoms with Crippen LogP contribution in [0.4, 0.5) is 4.39 Å². The number of amides is 1. The van der Waals surface area contributed by atoms with Gasteiger partial charge in [-0.1, -0.05) is 17.7 Å². The number of rotatable bonds is 3. The lowest BCUT2D eigenvalue weighted by Gasteiger charge is -2.32. The molecule has 7 heteroatoms. The fourth-order valence-electron chi connectivity index (χ4n) is 3.37. The van der Waals surface area contributed by atoms with E-state index in [4.69, 9.17) is 11.6 Å². The molecule has 1 aliphatic rings. The summed E-state index contributed by atoms with van der Waals surface area (Å²) in [5.41, 5.74) is 3.26. The van der Waals surface area contributed by atoms with Crippen LogP contribution < -0.4 is 0 Å². The predicted octanol–water partition coefficient (Wildman–Crippen LogP) is 3.34. The van der Waals surface area contributed by atoms with Gasteiger partial charge in [0.15, 0.2) is 0 Å². The van der Waals surface area contributed by atoms with Gasteiger partial charge in [0.1, 0.15) is 11.5 Å². The average molecular weight is 387 g/mol. The van der Waals surface area contributed by atoms with Crippen LogP contribution in [-0.4, -0.2) is 58.9 Å². The fraction of sp³-hybridized carbons (Fsp3) is 0.300. The van der Waals surface area contributed by atoms with Crippen LogP contribution in [0, 0.1) is 5.82 Å². The van der Waals surface area contributed by atoms with Crippen LogP contribution in [0.15, 0.2) is 36.7 Å². The summed E-state index contributed by atoms with van der Waals surface area (Å²) in [6, 6.07) is 6.57. The summed E-state index contributed by atoms with van der Waals surface area (Å²) in [6.45, 7) is 3.32. The molecule has 0 spiro atoms. The van der Waals surface area contributed by atoms with Crippen molar-refractivity contribution in [1.82, 2.24) is 19.8 Å². The standard InChI is InChI=1S/C20H20ClFN4O/c1-25-4-6-26(7-5-25)19(27)10-15-12-24-20-16(15)8-14(11-23-20)13-2-3-18(22)17(21)9-13/h2-3,8-9,11-12H,4-7,10H2,1H3,(H,23,24). The number of aromatic nitrogens is 2. The van der Waals surface area contributed by atoms with Gasteiger partial charge < -0.3 is 14.8 Å². The number of piperazine rings is 1. The summed E-state index contributed by atoms with van der Waals surface area (Å²) in [7, 11) is 2.07. The lowest BCUT2D eigenvalue weighted by molar-refractivity contribution is -0.132. The lowest BCUT2D eigenvalue weighted by Crippen LogP contribution is -2.47. The van der Waals surface area contributed by atoms with Crippen molar-refractivity contribution < 1.29 is 9.18 Å². The molecule has 3 heterocycles.